The molecule has 0 aliphatic rings. The second kappa shape index (κ2) is 4.32. The molecule has 0 spiro atoms. The van der Waals surface area contributed by atoms with Crippen molar-refractivity contribution < 1.29 is 15.0 Å². The van der Waals surface area contributed by atoms with Crippen LogP contribution in [-0.2, 0) is 4.79 Å². The van der Waals surface area contributed by atoms with E-state index in [1.807, 2.05) is 0 Å². The molecule has 0 aromatic heterocycles. The van der Waals surface area contributed by atoms with E-state index in [0.717, 1.165) is 0 Å². The van der Waals surface area contributed by atoms with Crippen molar-refractivity contribution >= 4 is 12.5 Å². The number of aromatic hydroxyl groups is 2. The highest BCUT2D eigenvalue weighted by molar-refractivity contribution is 5.61. The number of carbonyl (C=O) groups is 1. The molecular formula is C10H11NO3. The van der Waals surface area contributed by atoms with Gasteiger partial charge in [0.15, 0.2) is 0 Å². The first-order chi connectivity index (χ1) is 6.63. The lowest BCUT2D eigenvalue weighted by molar-refractivity contribution is -0.114. The van der Waals surface area contributed by atoms with E-state index in [2.05, 4.69) is 0 Å². The van der Waals surface area contributed by atoms with Crippen molar-refractivity contribution in [2.45, 2.75) is 0 Å². The third-order valence-electron chi connectivity index (χ3n) is 1.67. The molecule has 1 rings (SSSR count). The highest BCUT2D eigenvalue weighted by Gasteiger charge is 1.98. The summed E-state index contributed by atoms with van der Waals surface area (Å²) in [6.07, 6.45) is 3.65. The zero-order valence-corrected chi connectivity index (χ0v) is 7.71. The maximum atomic E-state index is 10.2. The van der Waals surface area contributed by atoms with Gasteiger partial charge in [0.1, 0.15) is 11.5 Å². The van der Waals surface area contributed by atoms with Crippen molar-refractivity contribution in [2.75, 3.05) is 7.05 Å². The Bertz CT molecular complexity index is 360. The molecule has 0 aliphatic heterocycles. The number of benzene rings is 1. The molecule has 4 nitrogen and oxygen atoms in total. The van der Waals surface area contributed by atoms with Crippen LogP contribution in [0.15, 0.2) is 24.4 Å². The van der Waals surface area contributed by atoms with Gasteiger partial charge in [-0.25, -0.2) is 0 Å². The average molecular weight is 193 g/mol. The fourth-order valence-electron chi connectivity index (χ4n) is 0.908. The fourth-order valence-corrected chi connectivity index (χ4v) is 0.908. The molecule has 1 aromatic rings. The largest absolute Gasteiger partial charge is 0.508 e. The number of hydrogen-bond donors (Lipinski definition) is 2. The van der Waals surface area contributed by atoms with Crippen LogP contribution in [0.25, 0.3) is 6.08 Å². The Kier molecular flexibility index (Phi) is 3.12. The number of amides is 1. The third-order valence-corrected chi connectivity index (χ3v) is 1.67. The van der Waals surface area contributed by atoms with Crippen molar-refractivity contribution in [3.8, 4) is 11.5 Å². The minimum Gasteiger partial charge on any atom is -0.508 e. The maximum Gasteiger partial charge on any atom is 0.213 e. The summed E-state index contributed by atoms with van der Waals surface area (Å²) >= 11 is 0. The highest BCUT2D eigenvalue weighted by Crippen LogP contribution is 2.23. The molecule has 74 valence electrons. The Hall–Kier alpha value is -1.97. The van der Waals surface area contributed by atoms with Crippen molar-refractivity contribution in [3.63, 3.8) is 0 Å². The summed E-state index contributed by atoms with van der Waals surface area (Å²) in [4.78, 5) is 11.5. The van der Waals surface area contributed by atoms with Crippen molar-refractivity contribution in [2.24, 2.45) is 0 Å². The van der Waals surface area contributed by atoms with Crippen LogP contribution >= 0.6 is 0 Å². The summed E-state index contributed by atoms with van der Waals surface area (Å²) in [6.45, 7) is 0. The van der Waals surface area contributed by atoms with Crippen molar-refractivity contribution in [1.29, 1.82) is 0 Å². The Balaban J connectivity index is 2.90. The molecular weight excluding hydrogens is 182 g/mol. The van der Waals surface area contributed by atoms with Gasteiger partial charge in [0, 0.05) is 18.8 Å². The minimum absolute atomic E-state index is 0.0540. The molecule has 1 aromatic carbocycles. The number of nitrogens with zero attached hydrogens (tertiary/aromatic N) is 1. The van der Waals surface area contributed by atoms with E-state index in [-0.39, 0.29) is 11.5 Å². The van der Waals surface area contributed by atoms with Crippen LogP contribution in [0.1, 0.15) is 5.56 Å². The molecule has 1 amide bonds. The van der Waals surface area contributed by atoms with Crippen LogP contribution < -0.4 is 0 Å². The SMILES string of the molecule is CN(C=O)C=Cc1cc(O)ccc1O. The van der Waals surface area contributed by atoms with E-state index in [1.54, 1.807) is 7.05 Å². The molecule has 0 atom stereocenters. The predicted molar refractivity (Wildman–Crippen MR) is 52.6 cm³/mol. The van der Waals surface area contributed by atoms with Crippen LogP contribution in [0.2, 0.25) is 0 Å². The molecule has 0 saturated carbocycles. The molecule has 0 aliphatic carbocycles. The van der Waals surface area contributed by atoms with E-state index in [1.165, 1.54) is 35.4 Å². The lowest BCUT2D eigenvalue weighted by atomic mass is 10.2. The standard InChI is InChI=1S/C10H11NO3/c1-11(7-12)5-4-8-6-9(13)2-3-10(8)14/h2-7,13-14H,1H3. The van der Waals surface area contributed by atoms with Gasteiger partial charge in [0.2, 0.25) is 6.41 Å². The van der Waals surface area contributed by atoms with Crippen LogP contribution in [0.5, 0.6) is 11.5 Å². The molecule has 0 bridgehead atoms. The van der Waals surface area contributed by atoms with Gasteiger partial charge in [-0.05, 0) is 24.3 Å². The van der Waals surface area contributed by atoms with Gasteiger partial charge in [-0.2, -0.15) is 0 Å². The van der Waals surface area contributed by atoms with E-state index < -0.39 is 0 Å². The first-order valence-corrected chi connectivity index (χ1v) is 4.01. The normalized spacial score (nSPS) is 10.4. The third kappa shape index (κ3) is 2.52. The van der Waals surface area contributed by atoms with Crippen LogP contribution in [0.4, 0.5) is 0 Å². The number of phenols is 2. The maximum absolute atomic E-state index is 10.2. The van der Waals surface area contributed by atoms with Gasteiger partial charge < -0.3 is 15.1 Å². The molecule has 0 saturated heterocycles. The van der Waals surface area contributed by atoms with Crippen LogP contribution in [0.3, 0.4) is 0 Å². The van der Waals surface area contributed by atoms with Gasteiger partial charge in [0.25, 0.3) is 0 Å². The van der Waals surface area contributed by atoms with Gasteiger partial charge in [-0.1, -0.05) is 0 Å². The summed E-state index contributed by atoms with van der Waals surface area (Å²) in [6, 6.07) is 4.18. The summed E-state index contributed by atoms with van der Waals surface area (Å²) in [5, 5.41) is 18.5. The average Bonchev–Trinajstić information content (AvgIpc) is 2.19. The Morgan fingerprint density at radius 1 is 1.36 bits per heavy atom. The fraction of sp³-hybridized carbons (Fsp3) is 0.100. The second-order valence-electron chi connectivity index (χ2n) is 2.83. The van der Waals surface area contributed by atoms with Crippen molar-refractivity contribution in [1.82, 2.24) is 4.90 Å². The summed E-state index contributed by atoms with van der Waals surface area (Å²) in [7, 11) is 1.57. The number of phenolic OH excluding ortho intramolecular Hbond substituents is 2. The molecule has 2 N–H and O–H groups in total. The highest BCUT2D eigenvalue weighted by atomic mass is 16.3. The van der Waals surface area contributed by atoms with E-state index in [4.69, 9.17) is 5.11 Å². The van der Waals surface area contributed by atoms with Crippen LogP contribution in [0, 0.1) is 0 Å². The number of hydrogen-bond acceptors (Lipinski definition) is 3. The van der Waals surface area contributed by atoms with Gasteiger partial charge in [-0.15, -0.1) is 0 Å². The quantitative estimate of drug-likeness (QED) is 0.559. The Labute approximate surface area is 81.7 Å². The summed E-state index contributed by atoms with van der Waals surface area (Å²) in [5.41, 5.74) is 0.457. The Morgan fingerprint density at radius 2 is 2.07 bits per heavy atom. The molecule has 0 fully saturated rings. The predicted octanol–water partition coefficient (Wildman–Crippen LogP) is 1.16. The van der Waals surface area contributed by atoms with E-state index in [9.17, 15) is 9.90 Å². The second-order valence-corrected chi connectivity index (χ2v) is 2.83. The monoisotopic (exact) mass is 193 g/mol. The molecule has 4 heteroatoms. The van der Waals surface area contributed by atoms with E-state index in [0.29, 0.717) is 12.0 Å². The lowest BCUT2D eigenvalue weighted by Crippen LogP contribution is -2.05. The summed E-state index contributed by atoms with van der Waals surface area (Å²) in [5.74, 6) is 0.120. The molecule has 14 heavy (non-hydrogen) atoms. The van der Waals surface area contributed by atoms with Gasteiger partial charge >= 0.3 is 0 Å². The van der Waals surface area contributed by atoms with Gasteiger partial charge in [0.05, 0.1) is 0 Å². The zero-order valence-electron chi connectivity index (χ0n) is 7.71. The minimum atomic E-state index is 0.0540. The number of rotatable bonds is 3. The number of carbonyl (C=O) groups excluding carboxylic acids is 1. The molecule has 0 heterocycles. The smallest absolute Gasteiger partial charge is 0.213 e. The van der Waals surface area contributed by atoms with Gasteiger partial charge in [-0.3, -0.25) is 4.79 Å². The first-order valence-electron chi connectivity index (χ1n) is 4.01. The van der Waals surface area contributed by atoms with Crippen molar-refractivity contribution in [3.05, 3.63) is 30.0 Å². The molecule has 0 unspecified atom stereocenters. The molecule has 0 radical (unpaired) electrons. The zero-order chi connectivity index (χ0) is 10.6. The first kappa shape index (κ1) is 10.1. The Morgan fingerprint density at radius 3 is 2.71 bits per heavy atom. The summed E-state index contributed by atoms with van der Waals surface area (Å²) < 4.78 is 0. The van der Waals surface area contributed by atoms with E-state index >= 15 is 0 Å². The lowest BCUT2D eigenvalue weighted by Gasteiger charge is -2.03. The van der Waals surface area contributed by atoms with Crippen LogP contribution in [-0.4, -0.2) is 28.6 Å². The topological polar surface area (TPSA) is 60.8 Å².